The van der Waals surface area contributed by atoms with Gasteiger partial charge in [-0.2, -0.15) is 13.2 Å². The van der Waals surface area contributed by atoms with Gasteiger partial charge < -0.3 is 21.1 Å². The highest BCUT2D eigenvalue weighted by Crippen LogP contribution is 2.31. The van der Waals surface area contributed by atoms with Gasteiger partial charge in [-0.3, -0.25) is 29.4 Å². The van der Waals surface area contributed by atoms with Crippen molar-refractivity contribution in [3.63, 3.8) is 0 Å². The van der Waals surface area contributed by atoms with Gasteiger partial charge in [-0.25, -0.2) is 5.01 Å². The second-order valence-corrected chi connectivity index (χ2v) is 10.9. The Labute approximate surface area is 256 Å². The van der Waals surface area contributed by atoms with E-state index in [0.717, 1.165) is 24.3 Å². The number of rotatable bonds is 10. The van der Waals surface area contributed by atoms with Crippen molar-refractivity contribution in [2.24, 2.45) is 5.41 Å². The van der Waals surface area contributed by atoms with E-state index in [1.54, 1.807) is 20.8 Å². The summed E-state index contributed by atoms with van der Waals surface area (Å²) in [5.41, 5.74) is 5.71. The molecule has 2 atom stereocenters. The van der Waals surface area contributed by atoms with Crippen LogP contribution in [0.15, 0.2) is 55.1 Å². The van der Waals surface area contributed by atoms with Crippen LogP contribution in [0.2, 0.25) is 5.02 Å². The fourth-order valence-corrected chi connectivity index (χ4v) is 3.98. The number of nitrogens with one attached hydrogen (secondary N) is 3. The Morgan fingerprint density at radius 2 is 1.70 bits per heavy atom. The van der Waals surface area contributed by atoms with Crippen LogP contribution < -0.4 is 21.8 Å². The third-order valence-electron chi connectivity index (χ3n) is 6.04. The molecule has 2 aromatic rings. The van der Waals surface area contributed by atoms with Crippen LogP contribution in [0.25, 0.3) is 0 Å². The van der Waals surface area contributed by atoms with Gasteiger partial charge in [0.15, 0.2) is 0 Å². The lowest BCUT2D eigenvalue weighted by atomic mass is 9.85. The van der Waals surface area contributed by atoms with Crippen LogP contribution in [-0.2, 0) is 30.1 Å². The minimum absolute atomic E-state index is 0.0334. The summed E-state index contributed by atoms with van der Waals surface area (Å²) >= 11 is 6.01. The maximum absolute atomic E-state index is 13.6. The molecule has 0 saturated carbocycles. The minimum atomic E-state index is -4.79. The number of esters is 1. The average Bonchev–Trinajstić information content (AvgIpc) is 2.94. The van der Waals surface area contributed by atoms with Crippen LogP contribution in [0, 0.1) is 5.41 Å². The molecule has 0 unspecified atom stereocenters. The molecule has 0 saturated heterocycles. The summed E-state index contributed by atoms with van der Waals surface area (Å²) in [7, 11) is 0. The second-order valence-electron chi connectivity index (χ2n) is 10.5. The molecule has 2 rings (SSSR count). The maximum atomic E-state index is 13.6. The van der Waals surface area contributed by atoms with Crippen LogP contribution in [0.4, 0.5) is 18.9 Å². The number of halogens is 4. The third-order valence-corrected chi connectivity index (χ3v) is 6.37. The second kappa shape index (κ2) is 14.7. The standard InChI is InChI=1S/C29H33ClF3N5O6/c1-6-21(39)38(15-22(40)44-7-2)37-26(42)23(16-9-8-10-18(13-16)29(31,32)33)35-27(43)24(28(3,4)5)36-25(41)17-11-12-20(34)19(30)14-17/h6,8-14,23-24H,1,7,15,34H2,2-5H3,(H,35,43)(H,36,41)(H,37,42)/t23-,24+/m0/s1. The van der Waals surface area contributed by atoms with Crippen LogP contribution in [0.5, 0.6) is 0 Å². The summed E-state index contributed by atoms with van der Waals surface area (Å²) in [4.78, 5) is 64.6. The van der Waals surface area contributed by atoms with Crippen molar-refractivity contribution in [2.45, 2.75) is 46.0 Å². The first-order valence-electron chi connectivity index (χ1n) is 13.1. The predicted molar refractivity (Wildman–Crippen MR) is 156 cm³/mol. The van der Waals surface area contributed by atoms with Crippen LogP contribution in [-0.4, -0.2) is 53.8 Å². The van der Waals surface area contributed by atoms with Gasteiger partial charge in [0.2, 0.25) is 5.91 Å². The number of anilines is 1. The van der Waals surface area contributed by atoms with Crippen molar-refractivity contribution in [2.75, 3.05) is 18.9 Å². The van der Waals surface area contributed by atoms with Crippen LogP contribution in [0.3, 0.4) is 0 Å². The summed E-state index contributed by atoms with van der Waals surface area (Å²) in [5, 5.41) is 5.57. The summed E-state index contributed by atoms with van der Waals surface area (Å²) < 4.78 is 45.4. The number of carbonyl (C=O) groups excluding carboxylic acids is 5. The molecule has 4 amide bonds. The summed E-state index contributed by atoms with van der Waals surface area (Å²) in [5.74, 6) is -4.69. The molecular weight excluding hydrogens is 607 g/mol. The lowest BCUT2D eigenvalue weighted by Crippen LogP contribution is -2.57. The zero-order chi connectivity index (χ0) is 33.4. The third kappa shape index (κ3) is 9.73. The Morgan fingerprint density at radius 3 is 2.25 bits per heavy atom. The van der Waals surface area contributed by atoms with Gasteiger partial charge in [-0.1, -0.05) is 51.1 Å². The smallest absolute Gasteiger partial charge is 0.416 e. The molecule has 2 aromatic carbocycles. The summed E-state index contributed by atoms with van der Waals surface area (Å²) in [6.07, 6.45) is -4.01. The normalized spacial score (nSPS) is 12.7. The molecule has 0 spiro atoms. The van der Waals surface area contributed by atoms with Crippen LogP contribution in [0.1, 0.15) is 55.2 Å². The first kappa shape index (κ1) is 35.6. The first-order valence-corrected chi connectivity index (χ1v) is 13.5. The highest BCUT2D eigenvalue weighted by molar-refractivity contribution is 6.33. The number of amides is 4. The number of benzene rings is 2. The number of hydrogen-bond acceptors (Lipinski definition) is 7. The zero-order valence-corrected chi connectivity index (χ0v) is 25.1. The Bertz CT molecular complexity index is 1430. The average molecular weight is 640 g/mol. The zero-order valence-electron chi connectivity index (χ0n) is 24.4. The van der Waals surface area contributed by atoms with Crippen molar-refractivity contribution < 1.29 is 41.9 Å². The Balaban J connectivity index is 2.50. The van der Waals surface area contributed by atoms with E-state index >= 15 is 0 Å². The van der Waals surface area contributed by atoms with E-state index in [9.17, 15) is 37.1 Å². The molecule has 0 aliphatic heterocycles. The Hall–Kier alpha value is -4.59. The van der Waals surface area contributed by atoms with Gasteiger partial charge in [0.1, 0.15) is 18.6 Å². The molecular formula is C29H33ClF3N5O6. The molecule has 11 nitrogen and oxygen atoms in total. The van der Waals surface area contributed by atoms with E-state index in [0.29, 0.717) is 11.1 Å². The van der Waals surface area contributed by atoms with Crippen molar-refractivity contribution in [1.29, 1.82) is 0 Å². The fraction of sp³-hybridized carbons (Fsp3) is 0.345. The van der Waals surface area contributed by atoms with Crippen molar-refractivity contribution in [3.05, 3.63) is 76.8 Å². The highest BCUT2D eigenvalue weighted by atomic mass is 35.5. The molecule has 0 heterocycles. The van der Waals surface area contributed by atoms with Gasteiger partial charge in [0.05, 0.1) is 22.9 Å². The molecule has 238 valence electrons. The van der Waals surface area contributed by atoms with Crippen LogP contribution >= 0.6 is 11.6 Å². The number of alkyl halides is 3. The number of ether oxygens (including phenoxy) is 1. The molecule has 0 aromatic heterocycles. The quantitative estimate of drug-likeness (QED) is 0.134. The fourth-order valence-electron chi connectivity index (χ4n) is 3.79. The summed E-state index contributed by atoms with van der Waals surface area (Å²) in [6, 6.07) is 4.50. The first-order chi connectivity index (χ1) is 20.4. The number of nitrogens with two attached hydrogens (primary N) is 1. The van der Waals surface area contributed by atoms with Gasteiger partial charge in [0, 0.05) is 5.56 Å². The minimum Gasteiger partial charge on any atom is -0.465 e. The molecule has 0 bridgehead atoms. The van der Waals surface area contributed by atoms with Gasteiger partial charge in [-0.15, -0.1) is 0 Å². The number of carbonyl (C=O) groups is 5. The SMILES string of the molecule is C=CC(=O)N(CC(=O)OCC)NC(=O)[C@@H](NC(=O)[C@@H](NC(=O)c1ccc(N)c(Cl)c1)C(C)(C)C)c1cccc(C(F)(F)F)c1. The molecule has 0 aliphatic carbocycles. The van der Waals surface area contributed by atoms with E-state index in [1.165, 1.54) is 25.1 Å². The van der Waals surface area contributed by atoms with E-state index < -0.39 is 65.4 Å². The number of nitrogens with zero attached hydrogens (tertiary/aromatic N) is 1. The summed E-state index contributed by atoms with van der Waals surface area (Å²) in [6.45, 7) is 8.84. The van der Waals surface area contributed by atoms with E-state index in [2.05, 4.69) is 22.6 Å². The van der Waals surface area contributed by atoms with E-state index in [4.69, 9.17) is 22.1 Å². The monoisotopic (exact) mass is 639 g/mol. The molecule has 0 aliphatic rings. The van der Waals surface area contributed by atoms with Crippen molar-refractivity contribution in [3.8, 4) is 0 Å². The lowest BCUT2D eigenvalue weighted by Gasteiger charge is -2.32. The molecule has 44 heavy (non-hydrogen) atoms. The topological polar surface area (TPSA) is 160 Å². The Kier molecular flexibility index (Phi) is 11.9. The molecule has 0 fully saturated rings. The number of hydrogen-bond donors (Lipinski definition) is 4. The highest BCUT2D eigenvalue weighted by Gasteiger charge is 2.37. The molecule has 5 N–H and O–H groups in total. The van der Waals surface area contributed by atoms with E-state index in [1.807, 2.05) is 0 Å². The molecule has 15 heteroatoms. The largest absolute Gasteiger partial charge is 0.465 e. The van der Waals surface area contributed by atoms with Crippen molar-refractivity contribution in [1.82, 2.24) is 21.1 Å². The number of nitrogen functional groups attached to an aromatic ring is 1. The maximum Gasteiger partial charge on any atom is 0.416 e. The van der Waals surface area contributed by atoms with Gasteiger partial charge >= 0.3 is 12.1 Å². The van der Waals surface area contributed by atoms with Crippen molar-refractivity contribution >= 4 is 46.9 Å². The van der Waals surface area contributed by atoms with Gasteiger partial charge in [0.25, 0.3) is 17.7 Å². The van der Waals surface area contributed by atoms with Gasteiger partial charge in [-0.05, 0) is 54.3 Å². The molecule has 0 radical (unpaired) electrons. The Morgan fingerprint density at radius 1 is 1.05 bits per heavy atom. The van der Waals surface area contributed by atoms with E-state index in [-0.39, 0.29) is 28.4 Å². The lowest BCUT2D eigenvalue weighted by molar-refractivity contribution is -0.152. The predicted octanol–water partition coefficient (Wildman–Crippen LogP) is 3.55. The number of hydrazine groups is 1.